The summed E-state index contributed by atoms with van der Waals surface area (Å²) in [6.07, 6.45) is 0. The average molecular weight is 501 g/mol. The van der Waals surface area contributed by atoms with Gasteiger partial charge in [0.05, 0.1) is 25.8 Å². The monoisotopic (exact) mass is 500 g/mol. The average Bonchev–Trinajstić information content (AvgIpc) is 3.19. The Morgan fingerprint density at radius 3 is 2.16 bits per heavy atom. The lowest BCUT2D eigenvalue weighted by Crippen LogP contribution is -2.30. The van der Waals surface area contributed by atoms with Crippen molar-refractivity contribution < 1.29 is 24.2 Å². The summed E-state index contributed by atoms with van der Waals surface area (Å²) < 4.78 is 10.7. The van der Waals surface area contributed by atoms with E-state index in [2.05, 4.69) is 18.7 Å². The van der Waals surface area contributed by atoms with Gasteiger partial charge in [0.2, 0.25) is 0 Å². The molecule has 1 unspecified atom stereocenters. The number of hydrogen-bond acceptors (Lipinski definition) is 6. The Balaban J connectivity index is 1.90. The van der Waals surface area contributed by atoms with E-state index in [0.29, 0.717) is 22.7 Å². The normalized spacial score (nSPS) is 16.7. The van der Waals surface area contributed by atoms with Crippen molar-refractivity contribution in [1.82, 2.24) is 0 Å². The topological polar surface area (TPSA) is 79.3 Å². The van der Waals surface area contributed by atoms with Crippen LogP contribution in [0.25, 0.3) is 5.76 Å². The first kappa shape index (κ1) is 25.8. The van der Waals surface area contributed by atoms with Crippen LogP contribution in [0.5, 0.6) is 11.5 Å². The summed E-state index contributed by atoms with van der Waals surface area (Å²) in [7, 11) is 3.02. The number of aryl methyl sites for hydroxylation is 1. The fraction of sp³-hybridized carbons (Fsp3) is 0.267. The summed E-state index contributed by atoms with van der Waals surface area (Å²) in [6.45, 7) is 7.81. The summed E-state index contributed by atoms with van der Waals surface area (Å²) >= 11 is 0. The van der Waals surface area contributed by atoms with Gasteiger partial charge in [0, 0.05) is 30.0 Å². The maximum absolute atomic E-state index is 13.5. The predicted octanol–water partition coefficient (Wildman–Crippen LogP) is 5.48. The highest BCUT2D eigenvalue weighted by molar-refractivity contribution is 6.51. The summed E-state index contributed by atoms with van der Waals surface area (Å²) in [5.74, 6) is -0.808. The predicted molar refractivity (Wildman–Crippen MR) is 146 cm³/mol. The van der Waals surface area contributed by atoms with E-state index in [1.54, 1.807) is 18.2 Å². The van der Waals surface area contributed by atoms with Gasteiger partial charge < -0.3 is 19.5 Å². The zero-order valence-corrected chi connectivity index (χ0v) is 21.8. The standard InChI is InChI=1S/C30H32N2O5/c1-6-31(7-2)21-13-15-22(16-14-21)32-27(23-11-9-8-10-19(23)3)26(29(34)30(32)35)28(33)20-12-17-24(36-4)25(18-20)37-5/h8-18,27,33H,6-7H2,1-5H3/b28-26+. The van der Waals surface area contributed by atoms with Gasteiger partial charge in [-0.15, -0.1) is 0 Å². The second-order valence-electron chi connectivity index (χ2n) is 8.78. The second-order valence-corrected chi connectivity index (χ2v) is 8.78. The summed E-state index contributed by atoms with van der Waals surface area (Å²) in [5, 5.41) is 11.4. The minimum Gasteiger partial charge on any atom is -0.507 e. The van der Waals surface area contributed by atoms with Crippen molar-refractivity contribution in [3.63, 3.8) is 0 Å². The van der Waals surface area contributed by atoms with E-state index >= 15 is 0 Å². The summed E-state index contributed by atoms with van der Waals surface area (Å²) in [5.41, 5.74) is 3.65. The molecule has 1 heterocycles. The largest absolute Gasteiger partial charge is 0.507 e. The molecule has 1 saturated heterocycles. The SMILES string of the molecule is CCN(CC)c1ccc(N2C(=O)C(=O)/C(=C(/O)c3ccc(OC)c(OC)c3)C2c2ccccc2C)cc1. The van der Waals surface area contributed by atoms with Gasteiger partial charge in [-0.2, -0.15) is 0 Å². The van der Waals surface area contributed by atoms with E-state index in [1.807, 2.05) is 55.5 Å². The molecular weight excluding hydrogens is 468 g/mol. The third kappa shape index (κ3) is 4.65. The lowest BCUT2D eigenvalue weighted by molar-refractivity contribution is -0.132. The van der Waals surface area contributed by atoms with Gasteiger partial charge in [0.1, 0.15) is 5.76 Å². The van der Waals surface area contributed by atoms with Gasteiger partial charge in [0.15, 0.2) is 11.5 Å². The number of nitrogens with zero attached hydrogens (tertiary/aromatic N) is 2. The first-order valence-electron chi connectivity index (χ1n) is 12.3. The first-order valence-corrected chi connectivity index (χ1v) is 12.3. The van der Waals surface area contributed by atoms with E-state index < -0.39 is 17.7 Å². The molecule has 0 aromatic heterocycles. The molecule has 7 nitrogen and oxygen atoms in total. The number of hydrogen-bond donors (Lipinski definition) is 1. The van der Waals surface area contributed by atoms with Crippen molar-refractivity contribution in [1.29, 1.82) is 0 Å². The molecule has 1 atom stereocenters. The number of Topliss-reactive ketones (excluding diaryl/α,β-unsaturated/α-hetero) is 1. The van der Waals surface area contributed by atoms with E-state index in [-0.39, 0.29) is 11.3 Å². The number of benzene rings is 3. The Bertz CT molecular complexity index is 1340. The van der Waals surface area contributed by atoms with Gasteiger partial charge in [-0.05, 0) is 74.4 Å². The molecule has 1 N–H and O–H groups in total. The quantitative estimate of drug-likeness (QED) is 0.251. The van der Waals surface area contributed by atoms with E-state index in [1.165, 1.54) is 19.1 Å². The highest BCUT2D eigenvalue weighted by atomic mass is 16.5. The molecule has 37 heavy (non-hydrogen) atoms. The van der Waals surface area contributed by atoms with Gasteiger partial charge in [-0.3, -0.25) is 14.5 Å². The molecule has 3 aromatic carbocycles. The van der Waals surface area contributed by atoms with Crippen molar-refractivity contribution in [3.8, 4) is 11.5 Å². The van der Waals surface area contributed by atoms with E-state index in [0.717, 1.165) is 29.9 Å². The maximum atomic E-state index is 13.5. The number of carbonyl (C=O) groups excluding carboxylic acids is 2. The van der Waals surface area contributed by atoms with Crippen molar-refractivity contribution in [2.75, 3.05) is 37.1 Å². The highest BCUT2D eigenvalue weighted by Crippen LogP contribution is 2.44. The van der Waals surface area contributed by atoms with E-state index in [9.17, 15) is 14.7 Å². The van der Waals surface area contributed by atoms with Crippen LogP contribution in [0.4, 0.5) is 11.4 Å². The van der Waals surface area contributed by atoms with Gasteiger partial charge in [-0.1, -0.05) is 24.3 Å². The van der Waals surface area contributed by atoms with Crippen LogP contribution >= 0.6 is 0 Å². The maximum Gasteiger partial charge on any atom is 0.300 e. The number of ether oxygens (including phenoxy) is 2. The van der Waals surface area contributed by atoms with Crippen molar-refractivity contribution in [2.45, 2.75) is 26.8 Å². The molecule has 3 aromatic rings. The van der Waals surface area contributed by atoms with Crippen LogP contribution in [-0.2, 0) is 9.59 Å². The Morgan fingerprint density at radius 1 is 0.919 bits per heavy atom. The molecule has 0 spiro atoms. The Labute approximate surface area is 217 Å². The molecule has 192 valence electrons. The molecule has 0 bridgehead atoms. The number of methoxy groups -OCH3 is 2. The Morgan fingerprint density at radius 2 is 1.57 bits per heavy atom. The third-order valence-electron chi connectivity index (χ3n) is 6.84. The molecule has 1 aliphatic heterocycles. The first-order chi connectivity index (χ1) is 17.9. The Hall–Kier alpha value is -4.26. The zero-order valence-electron chi connectivity index (χ0n) is 21.8. The number of aliphatic hydroxyl groups is 1. The van der Waals surface area contributed by atoms with E-state index in [4.69, 9.17) is 9.47 Å². The minimum absolute atomic E-state index is 0.0272. The fourth-order valence-corrected chi connectivity index (χ4v) is 4.84. The van der Waals surface area contributed by atoms with Crippen LogP contribution in [0.2, 0.25) is 0 Å². The minimum atomic E-state index is -0.798. The number of anilines is 2. The molecule has 1 fully saturated rings. The van der Waals surface area contributed by atoms with Crippen molar-refractivity contribution >= 4 is 28.8 Å². The van der Waals surface area contributed by atoms with Gasteiger partial charge in [0.25, 0.3) is 11.7 Å². The number of amides is 1. The van der Waals surface area contributed by atoms with Gasteiger partial charge >= 0.3 is 0 Å². The number of ketones is 1. The van der Waals surface area contributed by atoms with Crippen LogP contribution in [0.1, 0.15) is 36.6 Å². The Kier molecular flexibility index (Phi) is 7.53. The summed E-state index contributed by atoms with van der Waals surface area (Å²) in [6, 6.07) is 19.2. The molecule has 1 amide bonds. The molecule has 0 saturated carbocycles. The van der Waals surface area contributed by atoms with Crippen LogP contribution in [0.15, 0.2) is 72.3 Å². The molecule has 4 rings (SSSR count). The lowest BCUT2D eigenvalue weighted by Gasteiger charge is -2.27. The summed E-state index contributed by atoms with van der Waals surface area (Å²) in [4.78, 5) is 30.6. The molecular formula is C30H32N2O5. The third-order valence-corrected chi connectivity index (χ3v) is 6.84. The number of aliphatic hydroxyl groups excluding tert-OH is 1. The van der Waals surface area contributed by atoms with Crippen LogP contribution in [-0.4, -0.2) is 44.1 Å². The molecule has 7 heteroatoms. The van der Waals surface area contributed by atoms with Gasteiger partial charge in [-0.25, -0.2) is 0 Å². The number of rotatable bonds is 8. The van der Waals surface area contributed by atoms with Crippen LogP contribution in [0, 0.1) is 6.92 Å². The molecule has 0 radical (unpaired) electrons. The van der Waals surface area contributed by atoms with Crippen LogP contribution < -0.4 is 19.3 Å². The fourth-order valence-electron chi connectivity index (χ4n) is 4.84. The van der Waals surface area contributed by atoms with Crippen molar-refractivity contribution in [2.24, 2.45) is 0 Å². The zero-order chi connectivity index (χ0) is 26.7. The molecule has 0 aliphatic carbocycles. The number of carbonyl (C=O) groups is 2. The van der Waals surface area contributed by atoms with Crippen LogP contribution in [0.3, 0.4) is 0 Å². The smallest absolute Gasteiger partial charge is 0.300 e. The molecule has 1 aliphatic rings. The lowest BCUT2D eigenvalue weighted by atomic mass is 9.92. The second kappa shape index (κ2) is 10.8. The highest BCUT2D eigenvalue weighted by Gasteiger charge is 2.47. The van der Waals surface area contributed by atoms with Crippen molar-refractivity contribution in [3.05, 3.63) is 89.0 Å².